The van der Waals surface area contributed by atoms with Gasteiger partial charge in [0.05, 0.1) is 21.7 Å². The zero-order valence-electron chi connectivity index (χ0n) is 15.1. The molecule has 0 fully saturated rings. The number of nitrogens with zero attached hydrogens (tertiary/aromatic N) is 2. The molecule has 2 N–H and O–H groups in total. The molecule has 0 aliphatic carbocycles. The zero-order valence-corrected chi connectivity index (χ0v) is 19.0. The van der Waals surface area contributed by atoms with Crippen molar-refractivity contribution in [1.29, 1.82) is 0 Å². The fraction of sp³-hybridized carbons (Fsp3) is 0. The van der Waals surface area contributed by atoms with Gasteiger partial charge in [0, 0.05) is 9.50 Å². The standard InChI is InChI=1S/C20H13BrCl2N4O2S/c21-13-5-1-2-6-15(13)24-19-20(26-17-8-4-3-7-16(17)25-19)27-30(28,29)18-11-12(22)9-10-14(18)23/h1-11H,(H,24,25)(H,26,27). The summed E-state index contributed by atoms with van der Waals surface area (Å²) in [5.74, 6) is 0.267. The summed E-state index contributed by atoms with van der Waals surface area (Å²) >= 11 is 15.5. The van der Waals surface area contributed by atoms with Crippen LogP contribution in [0.25, 0.3) is 11.0 Å². The van der Waals surface area contributed by atoms with Crippen molar-refractivity contribution in [3.8, 4) is 0 Å². The van der Waals surface area contributed by atoms with Crippen molar-refractivity contribution in [3.63, 3.8) is 0 Å². The molecule has 0 saturated heterocycles. The number of hydrogen-bond acceptors (Lipinski definition) is 5. The zero-order chi connectivity index (χ0) is 21.3. The van der Waals surface area contributed by atoms with Crippen LogP contribution in [-0.2, 0) is 10.0 Å². The lowest BCUT2D eigenvalue weighted by Gasteiger charge is -2.15. The highest BCUT2D eigenvalue weighted by atomic mass is 79.9. The molecule has 0 amide bonds. The summed E-state index contributed by atoms with van der Waals surface area (Å²) < 4.78 is 29.3. The maximum atomic E-state index is 13.0. The van der Waals surface area contributed by atoms with Crippen molar-refractivity contribution in [1.82, 2.24) is 9.97 Å². The van der Waals surface area contributed by atoms with E-state index in [1.807, 2.05) is 30.3 Å². The SMILES string of the molecule is O=S(=O)(Nc1nc2ccccc2nc1Nc1ccccc1Br)c1cc(Cl)ccc1Cl. The number of rotatable bonds is 5. The third-order valence-corrected chi connectivity index (χ3v) is 6.86. The van der Waals surface area contributed by atoms with E-state index < -0.39 is 10.0 Å². The van der Waals surface area contributed by atoms with Crippen molar-refractivity contribution in [3.05, 3.63) is 81.2 Å². The van der Waals surface area contributed by atoms with Gasteiger partial charge < -0.3 is 5.32 Å². The minimum atomic E-state index is -4.08. The highest BCUT2D eigenvalue weighted by Crippen LogP contribution is 2.32. The van der Waals surface area contributed by atoms with Gasteiger partial charge in [0.15, 0.2) is 11.6 Å². The van der Waals surface area contributed by atoms with Gasteiger partial charge in [-0.2, -0.15) is 0 Å². The van der Waals surface area contributed by atoms with Crippen LogP contribution in [0, 0.1) is 0 Å². The van der Waals surface area contributed by atoms with E-state index in [0.717, 1.165) is 4.47 Å². The number of benzene rings is 3. The van der Waals surface area contributed by atoms with E-state index in [2.05, 4.69) is 35.9 Å². The van der Waals surface area contributed by atoms with Gasteiger partial charge in [-0.05, 0) is 58.4 Å². The highest BCUT2D eigenvalue weighted by Gasteiger charge is 2.22. The normalized spacial score (nSPS) is 11.4. The molecule has 0 saturated carbocycles. The Bertz CT molecular complexity index is 1370. The molecule has 0 atom stereocenters. The third kappa shape index (κ3) is 4.37. The van der Waals surface area contributed by atoms with Crippen LogP contribution in [-0.4, -0.2) is 18.4 Å². The quantitative estimate of drug-likeness (QED) is 0.323. The molecule has 152 valence electrons. The fourth-order valence-corrected chi connectivity index (χ4v) is 4.87. The van der Waals surface area contributed by atoms with Crippen LogP contribution in [0.4, 0.5) is 17.3 Å². The molecular weight excluding hydrogens is 511 g/mol. The van der Waals surface area contributed by atoms with E-state index in [1.54, 1.807) is 18.2 Å². The van der Waals surface area contributed by atoms with E-state index in [4.69, 9.17) is 23.2 Å². The summed E-state index contributed by atoms with van der Waals surface area (Å²) in [4.78, 5) is 8.85. The third-order valence-electron chi connectivity index (χ3n) is 4.11. The fourth-order valence-electron chi connectivity index (χ4n) is 2.71. The highest BCUT2D eigenvalue weighted by molar-refractivity contribution is 9.10. The molecule has 30 heavy (non-hydrogen) atoms. The number of halogens is 3. The Labute approximate surface area is 191 Å². The maximum Gasteiger partial charge on any atom is 0.264 e. The second-order valence-electron chi connectivity index (χ2n) is 6.19. The van der Waals surface area contributed by atoms with Gasteiger partial charge in [-0.15, -0.1) is 0 Å². The van der Waals surface area contributed by atoms with Crippen molar-refractivity contribution in [2.45, 2.75) is 4.90 Å². The predicted molar refractivity (Wildman–Crippen MR) is 124 cm³/mol. The molecule has 0 unspecified atom stereocenters. The van der Waals surface area contributed by atoms with Crippen LogP contribution < -0.4 is 10.0 Å². The molecule has 1 heterocycles. The van der Waals surface area contributed by atoms with Crippen LogP contribution in [0.15, 0.2) is 76.1 Å². The van der Waals surface area contributed by atoms with Crippen LogP contribution in [0.3, 0.4) is 0 Å². The van der Waals surface area contributed by atoms with E-state index in [0.29, 0.717) is 16.7 Å². The number of aromatic nitrogens is 2. The Morgan fingerprint density at radius 1 is 0.833 bits per heavy atom. The Hall–Kier alpha value is -2.39. The second kappa shape index (κ2) is 8.39. The number of hydrogen-bond donors (Lipinski definition) is 2. The van der Waals surface area contributed by atoms with Crippen molar-refractivity contribution >= 4 is 77.5 Å². The second-order valence-corrected chi connectivity index (χ2v) is 9.54. The maximum absolute atomic E-state index is 13.0. The Morgan fingerprint density at radius 3 is 2.17 bits per heavy atom. The number of nitrogens with one attached hydrogen (secondary N) is 2. The molecule has 0 radical (unpaired) electrons. The molecule has 3 aromatic carbocycles. The average molecular weight is 524 g/mol. The Morgan fingerprint density at radius 2 is 1.47 bits per heavy atom. The number of para-hydroxylation sites is 3. The summed E-state index contributed by atoms with van der Waals surface area (Å²) in [6.07, 6.45) is 0. The van der Waals surface area contributed by atoms with Gasteiger partial charge in [0.25, 0.3) is 10.0 Å². The van der Waals surface area contributed by atoms with E-state index in [-0.39, 0.29) is 26.6 Å². The minimum Gasteiger partial charge on any atom is -0.336 e. The van der Waals surface area contributed by atoms with E-state index >= 15 is 0 Å². The van der Waals surface area contributed by atoms with Crippen molar-refractivity contribution in [2.24, 2.45) is 0 Å². The first-order valence-corrected chi connectivity index (χ1v) is 11.6. The molecular formula is C20H13BrCl2N4O2S. The van der Waals surface area contributed by atoms with Crippen LogP contribution in [0.2, 0.25) is 10.0 Å². The number of fused-ring (bicyclic) bond motifs is 1. The molecule has 0 aliphatic heterocycles. The van der Waals surface area contributed by atoms with Gasteiger partial charge in [-0.1, -0.05) is 47.5 Å². The molecule has 0 aliphatic rings. The average Bonchev–Trinajstić information content (AvgIpc) is 2.71. The first kappa shape index (κ1) is 20.9. The summed E-state index contributed by atoms with van der Waals surface area (Å²) in [5, 5.41) is 3.42. The van der Waals surface area contributed by atoms with Crippen LogP contribution in [0.5, 0.6) is 0 Å². The van der Waals surface area contributed by atoms with Gasteiger partial charge in [-0.25, -0.2) is 18.4 Å². The molecule has 6 nitrogen and oxygen atoms in total. The lowest BCUT2D eigenvalue weighted by atomic mass is 10.3. The Balaban J connectivity index is 1.82. The molecule has 0 spiro atoms. The molecule has 4 rings (SSSR count). The summed E-state index contributed by atoms with van der Waals surface area (Å²) in [5.41, 5.74) is 1.84. The summed E-state index contributed by atoms with van der Waals surface area (Å²) in [7, 11) is -4.08. The topological polar surface area (TPSA) is 84.0 Å². The van der Waals surface area contributed by atoms with Crippen molar-refractivity contribution < 1.29 is 8.42 Å². The van der Waals surface area contributed by atoms with Crippen LogP contribution in [0.1, 0.15) is 0 Å². The predicted octanol–water partition coefficient (Wildman–Crippen LogP) is 6.24. The van der Waals surface area contributed by atoms with Gasteiger partial charge in [0.2, 0.25) is 0 Å². The Kier molecular flexibility index (Phi) is 5.84. The first-order chi connectivity index (χ1) is 14.3. The monoisotopic (exact) mass is 522 g/mol. The van der Waals surface area contributed by atoms with Gasteiger partial charge in [0.1, 0.15) is 4.90 Å². The lowest BCUT2D eigenvalue weighted by molar-refractivity contribution is 0.601. The minimum absolute atomic E-state index is 0.0282. The largest absolute Gasteiger partial charge is 0.336 e. The lowest BCUT2D eigenvalue weighted by Crippen LogP contribution is -2.16. The number of sulfonamides is 1. The van der Waals surface area contributed by atoms with Crippen LogP contribution >= 0.6 is 39.1 Å². The van der Waals surface area contributed by atoms with E-state index in [1.165, 1.54) is 18.2 Å². The molecule has 1 aromatic heterocycles. The van der Waals surface area contributed by atoms with E-state index in [9.17, 15) is 8.42 Å². The molecule has 4 aromatic rings. The smallest absolute Gasteiger partial charge is 0.264 e. The van der Waals surface area contributed by atoms with Gasteiger partial charge in [-0.3, -0.25) is 4.72 Å². The molecule has 10 heteroatoms. The molecule has 0 bridgehead atoms. The number of anilines is 3. The first-order valence-electron chi connectivity index (χ1n) is 8.60. The summed E-state index contributed by atoms with van der Waals surface area (Å²) in [6.45, 7) is 0. The summed E-state index contributed by atoms with van der Waals surface area (Å²) in [6, 6.07) is 18.8. The van der Waals surface area contributed by atoms with Crippen molar-refractivity contribution in [2.75, 3.05) is 10.0 Å². The van der Waals surface area contributed by atoms with Gasteiger partial charge >= 0.3 is 0 Å².